The molecule has 0 radical (unpaired) electrons. The highest BCUT2D eigenvalue weighted by molar-refractivity contribution is 6.15. The minimum Gasteiger partial charge on any atom is -0.287 e. The molecule has 118 valence electrons. The number of carbonyl (C=O) groups is 1. The fourth-order valence-electron chi connectivity index (χ4n) is 3.13. The van der Waals surface area contributed by atoms with E-state index in [1.54, 1.807) is 0 Å². The Morgan fingerprint density at radius 1 is 0.913 bits per heavy atom. The summed E-state index contributed by atoms with van der Waals surface area (Å²) in [6, 6.07) is 7.99. The largest absolute Gasteiger partial charge is 0.287 e. The molecule has 2 aromatic carbocycles. The first-order valence-corrected chi connectivity index (χ1v) is 7.86. The van der Waals surface area contributed by atoms with Crippen molar-refractivity contribution in [2.45, 2.75) is 34.6 Å². The van der Waals surface area contributed by atoms with E-state index in [9.17, 15) is 4.79 Å². The summed E-state index contributed by atoms with van der Waals surface area (Å²) in [6.45, 7) is 10.3. The van der Waals surface area contributed by atoms with Crippen molar-refractivity contribution in [2.24, 2.45) is 7.05 Å². The predicted molar refractivity (Wildman–Crippen MR) is 94.3 cm³/mol. The molecule has 0 N–H and O–H groups in total. The van der Waals surface area contributed by atoms with Gasteiger partial charge in [0, 0.05) is 18.0 Å². The SMILES string of the molecule is Cc1cc(C(=O)c2nn(C)c3c(C)c(C)ccc23)cc(C)c1C. The average Bonchev–Trinajstić information content (AvgIpc) is 2.84. The van der Waals surface area contributed by atoms with Gasteiger partial charge in [-0.2, -0.15) is 5.10 Å². The Hall–Kier alpha value is -2.42. The average molecular weight is 306 g/mol. The zero-order chi connectivity index (χ0) is 16.9. The van der Waals surface area contributed by atoms with E-state index >= 15 is 0 Å². The van der Waals surface area contributed by atoms with Gasteiger partial charge < -0.3 is 0 Å². The van der Waals surface area contributed by atoms with Crippen molar-refractivity contribution in [1.82, 2.24) is 9.78 Å². The van der Waals surface area contributed by atoms with E-state index in [-0.39, 0.29) is 5.78 Å². The van der Waals surface area contributed by atoms with Crippen molar-refractivity contribution in [2.75, 3.05) is 0 Å². The van der Waals surface area contributed by atoms with E-state index in [0.29, 0.717) is 11.3 Å². The molecule has 23 heavy (non-hydrogen) atoms. The van der Waals surface area contributed by atoms with Gasteiger partial charge in [-0.15, -0.1) is 0 Å². The molecule has 0 fully saturated rings. The van der Waals surface area contributed by atoms with Crippen molar-refractivity contribution in [3.05, 3.63) is 63.3 Å². The molecule has 3 aromatic rings. The number of aromatic nitrogens is 2. The minimum atomic E-state index is -0.00921. The third-order valence-electron chi connectivity index (χ3n) is 4.93. The quantitative estimate of drug-likeness (QED) is 0.660. The zero-order valence-corrected chi connectivity index (χ0v) is 14.6. The molecule has 3 heteroatoms. The van der Waals surface area contributed by atoms with E-state index < -0.39 is 0 Å². The van der Waals surface area contributed by atoms with E-state index in [0.717, 1.165) is 22.0 Å². The lowest BCUT2D eigenvalue weighted by Crippen LogP contribution is -2.05. The lowest BCUT2D eigenvalue weighted by atomic mass is 9.96. The van der Waals surface area contributed by atoms with Crippen LogP contribution < -0.4 is 0 Å². The maximum atomic E-state index is 13.0. The first-order chi connectivity index (χ1) is 10.8. The van der Waals surface area contributed by atoms with Gasteiger partial charge in [-0.1, -0.05) is 12.1 Å². The third kappa shape index (κ3) is 2.37. The lowest BCUT2D eigenvalue weighted by molar-refractivity contribution is 0.103. The highest BCUT2D eigenvalue weighted by Gasteiger charge is 2.20. The van der Waals surface area contributed by atoms with Gasteiger partial charge in [0.1, 0.15) is 5.69 Å². The predicted octanol–water partition coefficient (Wildman–Crippen LogP) is 4.35. The molecular weight excluding hydrogens is 284 g/mol. The van der Waals surface area contributed by atoms with Crippen LogP contribution in [0.5, 0.6) is 0 Å². The van der Waals surface area contributed by atoms with Gasteiger partial charge in [0.25, 0.3) is 0 Å². The molecule has 3 nitrogen and oxygen atoms in total. The number of rotatable bonds is 2. The smallest absolute Gasteiger partial charge is 0.213 e. The summed E-state index contributed by atoms with van der Waals surface area (Å²) in [5.74, 6) is -0.00921. The van der Waals surface area contributed by atoms with Gasteiger partial charge in [-0.25, -0.2) is 0 Å². The number of benzene rings is 2. The van der Waals surface area contributed by atoms with Crippen LogP contribution in [0.3, 0.4) is 0 Å². The molecule has 0 saturated carbocycles. The standard InChI is InChI=1S/C20H22N2O/c1-11-7-8-17-18(21-22(6)19(17)15(11)5)20(23)16-9-12(2)14(4)13(3)10-16/h7-10H,1-6H3. The third-order valence-corrected chi connectivity index (χ3v) is 4.93. The highest BCUT2D eigenvalue weighted by Crippen LogP contribution is 2.26. The van der Waals surface area contributed by atoms with E-state index in [1.807, 2.05) is 43.8 Å². The second-order valence-corrected chi connectivity index (χ2v) is 6.44. The van der Waals surface area contributed by atoms with Crippen LogP contribution in [0, 0.1) is 34.6 Å². The molecule has 0 aliphatic carbocycles. The maximum Gasteiger partial charge on any atom is 0.213 e. The first kappa shape index (κ1) is 15.5. The fraction of sp³-hybridized carbons (Fsp3) is 0.300. The summed E-state index contributed by atoms with van der Waals surface area (Å²) in [5, 5.41) is 5.44. The number of carbonyl (C=O) groups excluding carboxylic acids is 1. The Morgan fingerprint density at radius 3 is 2.13 bits per heavy atom. The molecule has 0 atom stereocenters. The van der Waals surface area contributed by atoms with Crippen LogP contribution >= 0.6 is 0 Å². The second kappa shape index (κ2) is 5.34. The van der Waals surface area contributed by atoms with Crippen molar-refractivity contribution in [3.8, 4) is 0 Å². The Morgan fingerprint density at radius 2 is 1.52 bits per heavy atom. The molecule has 0 unspecified atom stereocenters. The van der Waals surface area contributed by atoms with Gasteiger partial charge >= 0.3 is 0 Å². The number of ketones is 1. The van der Waals surface area contributed by atoms with E-state index in [2.05, 4.69) is 31.9 Å². The Labute approximate surface area is 136 Å². The van der Waals surface area contributed by atoms with E-state index in [1.165, 1.54) is 16.7 Å². The zero-order valence-electron chi connectivity index (χ0n) is 14.6. The van der Waals surface area contributed by atoms with Crippen LogP contribution in [-0.2, 0) is 7.05 Å². The molecule has 0 bridgehead atoms. The van der Waals surface area contributed by atoms with Crippen LogP contribution in [-0.4, -0.2) is 15.6 Å². The van der Waals surface area contributed by atoms with Crippen LogP contribution in [0.15, 0.2) is 24.3 Å². The van der Waals surface area contributed by atoms with Gasteiger partial charge in [0.2, 0.25) is 5.78 Å². The van der Waals surface area contributed by atoms with Crippen LogP contribution in [0.1, 0.15) is 43.9 Å². The number of fused-ring (bicyclic) bond motifs is 1. The fourth-order valence-corrected chi connectivity index (χ4v) is 3.13. The highest BCUT2D eigenvalue weighted by atomic mass is 16.1. The molecule has 1 heterocycles. The van der Waals surface area contributed by atoms with Crippen LogP contribution in [0.25, 0.3) is 10.9 Å². The van der Waals surface area contributed by atoms with Gasteiger partial charge in [-0.05, 0) is 74.6 Å². The molecule has 0 aliphatic heterocycles. The van der Waals surface area contributed by atoms with Crippen LogP contribution in [0.4, 0.5) is 0 Å². The molecule has 0 saturated heterocycles. The molecule has 0 amide bonds. The second-order valence-electron chi connectivity index (χ2n) is 6.44. The summed E-state index contributed by atoms with van der Waals surface area (Å²) in [6.07, 6.45) is 0. The molecule has 1 aromatic heterocycles. The summed E-state index contributed by atoms with van der Waals surface area (Å²) in [7, 11) is 1.90. The lowest BCUT2D eigenvalue weighted by Gasteiger charge is -2.08. The monoisotopic (exact) mass is 306 g/mol. The summed E-state index contributed by atoms with van der Waals surface area (Å²) in [4.78, 5) is 13.0. The van der Waals surface area contributed by atoms with Crippen molar-refractivity contribution >= 4 is 16.7 Å². The molecular formula is C20H22N2O. The maximum absolute atomic E-state index is 13.0. The molecule has 0 aliphatic rings. The topological polar surface area (TPSA) is 34.9 Å². The number of hydrogen-bond donors (Lipinski definition) is 0. The summed E-state index contributed by atoms with van der Waals surface area (Å²) < 4.78 is 1.82. The van der Waals surface area contributed by atoms with Crippen molar-refractivity contribution < 1.29 is 4.79 Å². The Balaban J connectivity index is 2.22. The van der Waals surface area contributed by atoms with Gasteiger partial charge in [-0.3, -0.25) is 9.48 Å². The molecule has 3 rings (SSSR count). The molecule has 0 spiro atoms. The first-order valence-electron chi connectivity index (χ1n) is 7.86. The van der Waals surface area contributed by atoms with Gasteiger partial charge in [0.05, 0.1) is 5.52 Å². The summed E-state index contributed by atoms with van der Waals surface area (Å²) in [5.41, 5.74) is 8.18. The number of aryl methyl sites for hydroxylation is 5. The van der Waals surface area contributed by atoms with Crippen LogP contribution in [0.2, 0.25) is 0 Å². The number of nitrogens with zero attached hydrogens (tertiary/aromatic N) is 2. The normalized spacial score (nSPS) is 11.2. The van der Waals surface area contributed by atoms with E-state index in [4.69, 9.17) is 0 Å². The van der Waals surface area contributed by atoms with Crippen molar-refractivity contribution in [1.29, 1.82) is 0 Å². The summed E-state index contributed by atoms with van der Waals surface area (Å²) >= 11 is 0. The minimum absolute atomic E-state index is 0.00921. The Bertz CT molecular complexity index is 925. The van der Waals surface area contributed by atoms with Crippen molar-refractivity contribution in [3.63, 3.8) is 0 Å². The van der Waals surface area contributed by atoms with Gasteiger partial charge in [0.15, 0.2) is 0 Å². The Kier molecular flexibility index (Phi) is 3.59. The number of hydrogen-bond acceptors (Lipinski definition) is 2.